The van der Waals surface area contributed by atoms with E-state index in [0.29, 0.717) is 0 Å². The van der Waals surface area contributed by atoms with E-state index in [4.69, 9.17) is 4.74 Å². The number of ether oxygens (including phenoxy) is 1. The van der Waals surface area contributed by atoms with E-state index in [1.807, 2.05) is 0 Å². The van der Waals surface area contributed by atoms with Crippen LogP contribution < -0.4 is 0 Å². The molecule has 0 heterocycles. The second kappa shape index (κ2) is 15.1. The zero-order valence-electron chi connectivity index (χ0n) is 18.6. The van der Waals surface area contributed by atoms with Gasteiger partial charge in [0, 0.05) is 0 Å². The Balaban J connectivity index is 2.59. The minimum atomic E-state index is -1.10. The van der Waals surface area contributed by atoms with E-state index in [0.717, 1.165) is 44.4 Å². The van der Waals surface area contributed by atoms with E-state index in [-0.39, 0.29) is 17.2 Å². The number of esters is 1. The predicted octanol–water partition coefficient (Wildman–Crippen LogP) is 7.27. The molecule has 164 valence electrons. The van der Waals surface area contributed by atoms with Crippen molar-refractivity contribution >= 4 is 11.9 Å². The third-order valence-corrected chi connectivity index (χ3v) is 5.34. The summed E-state index contributed by atoms with van der Waals surface area (Å²) >= 11 is 0. The molecule has 0 aromatic heterocycles. The van der Waals surface area contributed by atoms with E-state index in [1.54, 1.807) is 12.1 Å². The highest BCUT2D eigenvalue weighted by Gasteiger charge is 2.20. The molecule has 1 rings (SSSR count). The largest absolute Gasteiger partial charge is 0.478 e. The van der Waals surface area contributed by atoms with Crippen LogP contribution in [-0.2, 0) is 4.74 Å². The molecule has 1 aromatic rings. The average molecular weight is 405 g/mol. The average Bonchev–Trinajstić information content (AvgIpc) is 2.69. The molecule has 0 amide bonds. The van der Waals surface area contributed by atoms with Gasteiger partial charge in [-0.05, 0) is 43.7 Å². The Morgan fingerprint density at radius 3 is 1.93 bits per heavy atom. The van der Waals surface area contributed by atoms with Crippen LogP contribution in [0.25, 0.3) is 0 Å². The molecule has 4 nitrogen and oxygen atoms in total. The van der Waals surface area contributed by atoms with Gasteiger partial charge in [-0.2, -0.15) is 0 Å². The standard InChI is InChI=1S/C25H40O4/c1-4-5-6-7-8-11-16-21(17-12-9-10-15-20(2)3)29-25(28)23-19-14-13-18-22(23)24(26)27/h13-14,18-21H,4-12,15-17H2,1-3H3,(H,26,27). The van der Waals surface area contributed by atoms with Gasteiger partial charge >= 0.3 is 11.9 Å². The molecule has 1 aromatic carbocycles. The quantitative estimate of drug-likeness (QED) is 0.232. The number of carboxylic acids is 1. The normalized spacial score (nSPS) is 12.1. The SMILES string of the molecule is CCCCCCCCC(CCCCCC(C)C)OC(=O)c1ccccc1C(=O)O. The van der Waals surface area contributed by atoms with Gasteiger partial charge in [-0.15, -0.1) is 0 Å². The molecule has 0 fully saturated rings. The monoisotopic (exact) mass is 404 g/mol. The number of carbonyl (C=O) groups is 2. The number of carboxylic acid groups (broad SMARTS) is 1. The van der Waals surface area contributed by atoms with E-state index in [1.165, 1.54) is 50.7 Å². The molecule has 1 unspecified atom stereocenters. The van der Waals surface area contributed by atoms with E-state index >= 15 is 0 Å². The second-order valence-corrected chi connectivity index (χ2v) is 8.47. The third kappa shape index (κ3) is 11.1. The summed E-state index contributed by atoms with van der Waals surface area (Å²) in [4.78, 5) is 24.0. The first kappa shape index (κ1) is 25.2. The Morgan fingerprint density at radius 1 is 0.828 bits per heavy atom. The lowest BCUT2D eigenvalue weighted by Gasteiger charge is -2.19. The number of benzene rings is 1. The molecule has 0 aliphatic heterocycles. The zero-order valence-corrected chi connectivity index (χ0v) is 18.6. The molecule has 0 saturated heterocycles. The van der Waals surface area contributed by atoms with Crippen molar-refractivity contribution in [2.24, 2.45) is 5.92 Å². The van der Waals surface area contributed by atoms with Crippen molar-refractivity contribution in [1.29, 1.82) is 0 Å². The van der Waals surface area contributed by atoms with Crippen molar-refractivity contribution in [2.45, 2.75) is 104 Å². The summed E-state index contributed by atoms with van der Waals surface area (Å²) in [5, 5.41) is 9.33. The Kier molecular flexibility index (Phi) is 13.1. The maximum Gasteiger partial charge on any atom is 0.339 e. The molecule has 0 spiro atoms. The van der Waals surface area contributed by atoms with Crippen LogP contribution in [-0.4, -0.2) is 23.1 Å². The van der Waals surface area contributed by atoms with Crippen LogP contribution in [0.3, 0.4) is 0 Å². The summed E-state index contributed by atoms with van der Waals surface area (Å²) in [6.07, 6.45) is 13.4. The minimum Gasteiger partial charge on any atom is -0.478 e. The second-order valence-electron chi connectivity index (χ2n) is 8.47. The predicted molar refractivity (Wildman–Crippen MR) is 119 cm³/mol. The number of aromatic carboxylic acids is 1. The minimum absolute atomic E-state index is 0.00718. The molecule has 1 N–H and O–H groups in total. The van der Waals surface area contributed by atoms with Crippen molar-refractivity contribution < 1.29 is 19.4 Å². The maximum absolute atomic E-state index is 12.6. The van der Waals surface area contributed by atoms with Crippen LogP contribution in [0.2, 0.25) is 0 Å². The molecule has 0 aliphatic rings. The highest BCUT2D eigenvalue weighted by Crippen LogP contribution is 2.20. The highest BCUT2D eigenvalue weighted by atomic mass is 16.5. The molecule has 0 radical (unpaired) electrons. The first-order valence-corrected chi connectivity index (χ1v) is 11.5. The highest BCUT2D eigenvalue weighted by molar-refractivity contribution is 6.02. The molecular weight excluding hydrogens is 364 g/mol. The first-order valence-electron chi connectivity index (χ1n) is 11.5. The molecular formula is C25H40O4. The van der Waals surface area contributed by atoms with Crippen molar-refractivity contribution in [3.63, 3.8) is 0 Å². The molecule has 29 heavy (non-hydrogen) atoms. The van der Waals surface area contributed by atoms with Crippen LogP contribution in [0, 0.1) is 5.92 Å². The lowest BCUT2D eigenvalue weighted by Crippen LogP contribution is -2.20. The van der Waals surface area contributed by atoms with Crippen molar-refractivity contribution in [3.05, 3.63) is 35.4 Å². The van der Waals surface area contributed by atoms with Crippen LogP contribution in [0.4, 0.5) is 0 Å². The van der Waals surface area contributed by atoms with Gasteiger partial charge in [0.15, 0.2) is 0 Å². The van der Waals surface area contributed by atoms with Crippen LogP contribution in [0.15, 0.2) is 24.3 Å². The molecule has 0 aliphatic carbocycles. The summed E-state index contributed by atoms with van der Waals surface area (Å²) in [6.45, 7) is 6.69. The summed E-state index contributed by atoms with van der Waals surface area (Å²) in [5.41, 5.74) is 0.153. The van der Waals surface area contributed by atoms with Gasteiger partial charge < -0.3 is 9.84 Å². The number of hydrogen-bond donors (Lipinski definition) is 1. The third-order valence-electron chi connectivity index (χ3n) is 5.34. The van der Waals surface area contributed by atoms with Crippen molar-refractivity contribution in [2.75, 3.05) is 0 Å². The van der Waals surface area contributed by atoms with Gasteiger partial charge in [-0.1, -0.05) is 84.3 Å². The fourth-order valence-electron chi connectivity index (χ4n) is 3.58. The fourth-order valence-corrected chi connectivity index (χ4v) is 3.58. The summed E-state index contributed by atoms with van der Waals surface area (Å²) in [6, 6.07) is 6.30. The van der Waals surface area contributed by atoms with Crippen LogP contribution in [0.1, 0.15) is 119 Å². The smallest absolute Gasteiger partial charge is 0.339 e. The van der Waals surface area contributed by atoms with Gasteiger partial charge in [0.05, 0.1) is 11.1 Å². The summed E-state index contributed by atoms with van der Waals surface area (Å²) < 4.78 is 5.78. The molecule has 0 saturated carbocycles. The molecule has 4 heteroatoms. The number of rotatable bonds is 16. The van der Waals surface area contributed by atoms with Crippen LogP contribution >= 0.6 is 0 Å². The lowest BCUT2D eigenvalue weighted by molar-refractivity contribution is 0.0244. The Bertz CT molecular complexity index is 594. The Labute approximate surface area is 177 Å². The van der Waals surface area contributed by atoms with Crippen LogP contribution in [0.5, 0.6) is 0 Å². The lowest BCUT2D eigenvalue weighted by atomic mass is 10.0. The summed E-state index contributed by atoms with van der Waals surface area (Å²) in [5.74, 6) is -0.890. The van der Waals surface area contributed by atoms with Gasteiger partial charge in [-0.3, -0.25) is 0 Å². The van der Waals surface area contributed by atoms with Gasteiger partial charge in [0.25, 0.3) is 0 Å². The number of unbranched alkanes of at least 4 members (excludes halogenated alkanes) is 7. The number of carbonyl (C=O) groups excluding carboxylic acids is 1. The van der Waals surface area contributed by atoms with E-state index in [9.17, 15) is 14.7 Å². The van der Waals surface area contributed by atoms with Gasteiger partial charge in [-0.25, -0.2) is 9.59 Å². The fraction of sp³-hybridized carbons (Fsp3) is 0.680. The first-order chi connectivity index (χ1) is 14.0. The van der Waals surface area contributed by atoms with Gasteiger partial charge in [0.2, 0.25) is 0 Å². The molecule has 1 atom stereocenters. The topological polar surface area (TPSA) is 63.6 Å². The van der Waals surface area contributed by atoms with E-state index < -0.39 is 11.9 Å². The van der Waals surface area contributed by atoms with E-state index in [2.05, 4.69) is 20.8 Å². The van der Waals surface area contributed by atoms with Crippen molar-refractivity contribution in [3.8, 4) is 0 Å². The number of hydrogen-bond acceptors (Lipinski definition) is 3. The van der Waals surface area contributed by atoms with Crippen molar-refractivity contribution in [1.82, 2.24) is 0 Å². The summed E-state index contributed by atoms with van der Waals surface area (Å²) in [7, 11) is 0. The Morgan fingerprint density at radius 2 is 1.34 bits per heavy atom. The molecule has 0 bridgehead atoms. The zero-order chi connectivity index (χ0) is 21.5. The Hall–Kier alpha value is -1.84. The maximum atomic E-state index is 12.6. The van der Waals surface area contributed by atoms with Gasteiger partial charge in [0.1, 0.15) is 6.10 Å².